The zero-order valence-corrected chi connectivity index (χ0v) is 13.2. The summed E-state index contributed by atoms with van der Waals surface area (Å²) in [5, 5.41) is 6.69. The summed E-state index contributed by atoms with van der Waals surface area (Å²) in [5.74, 6) is 0.0701. The van der Waals surface area contributed by atoms with Gasteiger partial charge in [0.2, 0.25) is 10.0 Å². The maximum absolute atomic E-state index is 13.0. The third-order valence-corrected chi connectivity index (χ3v) is 4.41. The van der Waals surface area contributed by atoms with Gasteiger partial charge in [-0.15, -0.1) is 0 Å². The van der Waals surface area contributed by atoms with Crippen LogP contribution in [0.3, 0.4) is 0 Å². The van der Waals surface area contributed by atoms with Gasteiger partial charge in [-0.3, -0.25) is 9.40 Å². The first kappa shape index (κ1) is 15.6. The molecule has 2 aromatic rings. The number of aromatic amines is 1. The van der Waals surface area contributed by atoms with Crippen molar-refractivity contribution < 1.29 is 12.8 Å². The van der Waals surface area contributed by atoms with Crippen molar-refractivity contribution in [2.24, 2.45) is 0 Å². The highest BCUT2D eigenvalue weighted by molar-refractivity contribution is 7.92. The molecule has 2 rings (SSSR count). The number of H-pyrrole nitrogens is 1. The number of rotatable bonds is 5. The van der Waals surface area contributed by atoms with Gasteiger partial charge in [-0.25, -0.2) is 12.8 Å². The highest BCUT2D eigenvalue weighted by Crippen LogP contribution is 2.20. The van der Waals surface area contributed by atoms with Crippen LogP contribution in [0, 0.1) is 10.6 Å². The smallest absolute Gasteiger partial charge is 0.232 e. The Labute approximate surface area is 127 Å². The van der Waals surface area contributed by atoms with Crippen LogP contribution in [0.4, 0.5) is 10.1 Å². The second-order valence-electron chi connectivity index (χ2n) is 4.44. The number of benzene rings is 1. The van der Waals surface area contributed by atoms with Crippen molar-refractivity contribution in [3.05, 3.63) is 40.7 Å². The predicted octanol–water partition coefficient (Wildman–Crippen LogP) is 2.07. The summed E-state index contributed by atoms with van der Waals surface area (Å²) < 4.78 is 40.3. The Bertz CT molecular complexity index is 780. The van der Waals surface area contributed by atoms with E-state index in [2.05, 4.69) is 10.2 Å². The molecule has 0 unspecified atom stereocenters. The average Bonchev–Trinajstić information content (AvgIpc) is 2.76. The normalized spacial score (nSPS) is 11.6. The average molecular weight is 330 g/mol. The third kappa shape index (κ3) is 3.48. The molecule has 9 heteroatoms. The van der Waals surface area contributed by atoms with Gasteiger partial charge in [-0.2, -0.15) is 5.10 Å². The van der Waals surface area contributed by atoms with Crippen molar-refractivity contribution in [2.45, 2.75) is 20.0 Å². The molecule has 0 spiro atoms. The molecule has 1 aromatic heterocycles. The Hall–Kier alpha value is -1.74. The third-order valence-electron chi connectivity index (χ3n) is 2.95. The predicted molar refractivity (Wildman–Crippen MR) is 80.5 cm³/mol. The molecular formula is C12H15FN4O2S2. The van der Waals surface area contributed by atoms with Crippen molar-refractivity contribution in [2.75, 3.05) is 10.6 Å². The van der Waals surface area contributed by atoms with Crippen LogP contribution in [0.5, 0.6) is 0 Å². The summed E-state index contributed by atoms with van der Waals surface area (Å²) in [5.41, 5.74) is 0.371. The van der Waals surface area contributed by atoms with Gasteiger partial charge in [0, 0.05) is 6.54 Å². The zero-order chi connectivity index (χ0) is 15.6. The van der Waals surface area contributed by atoms with Gasteiger partial charge in [0.05, 0.1) is 18.5 Å². The van der Waals surface area contributed by atoms with E-state index in [4.69, 9.17) is 12.2 Å². The molecule has 1 heterocycles. The molecule has 21 heavy (non-hydrogen) atoms. The van der Waals surface area contributed by atoms with E-state index >= 15 is 0 Å². The quantitative estimate of drug-likeness (QED) is 0.852. The molecule has 0 bridgehead atoms. The molecule has 0 aliphatic heterocycles. The maximum Gasteiger partial charge on any atom is 0.232 e. The van der Waals surface area contributed by atoms with Crippen LogP contribution in [0.2, 0.25) is 0 Å². The fourth-order valence-corrected chi connectivity index (χ4v) is 3.07. The lowest BCUT2D eigenvalue weighted by Crippen LogP contribution is -2.30. The number of anilines is 1. The monoisotopic (exact) mass is 330 g/mol. The van der Waals surface area contributed by atoms with Crippen molar-refractivity contribution in [1.82, 2.24) is 14.8 Å². The topological polar surface area (TPSA) is 71.0 Å². The van der Waals surface area contributed by atoms with Crippen molar-refractivity contribution in [3.8, 4) is 0 Å². The minimum Gasteiger partial charge on any atom is -0.303 e. The summed E-state index contributed by atoms with van der Waals surface area (Å²) in [7, 11) is -3.54. The summed E-state index contributed by atoms with van der Waals surface area (Å²) in [6.07, 6.45) is 1.09. The molecule has 1 aromatic carbocycles. The Balaban J connectivity index is 2.43. The zero-order valence-electron chi connectivity index (χ0n) is 11.6. The van der Waals surface area contributed by atoms with Crippen molar-refractivity contribution in [3.63, 3.8) is 0 Å². The lowest BCUT2D eigenvalue weighted by molar-refractivity contribution is 0.592. The van der Waals surface area contributed by atoms with Crippen LogP contribution in [0.15, 0.2) is 24.3 Å². The fraction of sp³-hybridized carbons (Fsp3) is 0.333. The number of hydrogen-bond donors (Lipinski definition) is 1. The Kier molecular flexibility index (Phi) is 4.43. The van der Waals surface area contributed by atoms with Gasteiger partial charge >= 0.3 is 0 Å². The second kappa shape index (κ2) is 5.94. The van der Waals surface area contributed by atoms with E-state index in [1.807, 2.05) is 6.92 Å². The number of nitrogens with zero attached hydrogens (tertiary/aromatic N) is 3. The molecule has 1 N–H and O–H groups in total. The van der Waals surface area contributed by atoms with Crippen LogP contribution in [-0.2, 0) is 23.1 Å². The second-order valence-corrected chi connectivity index (χ2v) is 6.73. The van der Waals surface area contributed by atoms with Crippen LogP contribution in [0.25, 0.3) is 0 Å². The van der Waals surface area contributed by atoms with E-state index < -0.39 is 15.8 Å². The first-order valence-corrected chi connectivity index (χ1v) is 8.46. The molecule has 114 valence electrons. The molecule has 0 fully saturated rings. The minimum absolute atomic E-state index is 0.0193. The van der Waals surface area contributed by atoms with Gasteiger partial charge < -0.3 is 4.57 Å². The number of halogens is 1. The number of aromatic nitrogens is 3. The summed E-state index contributed by atoms with van der Waals surface area (Å²) in [4.78, 5) is 0. The maximum atomic E-state index is 13.0. The lowest BCUT2D eigenvalue weighted by atomic mass is 10.3. The van der Waals surface area contributed by atoms with Crippen LogP contribution >= 0.6 is 12.2 Å². The highest BCUT2D eigenvalue weighted by atomic mass is 32.2. The van der Waals surface area contributed by atoms with E-state index in [9.17, 15) is 12.8 Å². The van der Waals surface area contributed by atoms with Gasteiger partial charge in [0.15, 0.2) is 10.6 Å². The fourth-order valence-electron chi connectivity index (χ4n) is 1.93. The van der Waals surface area contributed by atoms with Crippen molar-refractivity contribution >= 4 is 27.9 Å². The SMILES string of the molecule is CCn1c(CN(c2ccc(F)cc2)S(C)(=O)=O)n[nH]c1=S. The molecule has 0 saturated carbocycles. The van der Waals surface area contributed by atoms with E-state index in [0.717, 1.165) is 10.6 Å². The van der Waals surface area contributed by atoms with Crippen LogP contribution in [0.1, 0.15) is 12.7 Å². The number of hydrogen-bond acceptors (Lipinski definition) is 4. The van der Waals surface area contributed by atoms with Gasteiger partial charge in [-0.05, 0) is 43.4 Å². The standard InChI is InChI=1S/C12H15FN4O2S2/c1-3-16-11(14-15-12(16)20)8-17(21(2,18)19)10-6-4-9(13)5-7-10/h4-7H,3,8H2,1-2H3,(H,15,20). The van der Waals surface area contributed by atoms with E-state index in [1.54, 1.807) is 4.57 Å². The molecule has 0 radical (unpaired) electrons. The van der Waals surface area contributed by atoms with E-state index in [1.165, 1.54) is 24.3 Å². The minimum atomic E-state index is -3.54. The summed E-state index contributed by atoms with van der Waals surface area (Å²) in [6, 6.07) is 5.25. The number of sulfonamides is 1. The summed E-state index contributed by atoms with van der Waals surface area (Å²) >= 11 is 5.08. The first-order valence-electron chi connectivity index (χ1n) is 6.20. The van der Waals surface area contributed by atoms with E-state index in [-0.39, 0.29) is 6.54 Å². The van der Waals surface area contributed by atoms with Crippen molar-refractivity contribution in [1.29, 1.82) is 0 Å². The molecule has 0 atom stereocenters. The molecule has 6 nitrogen and oxygen atoms in total. The molecular weight excluding hydrogens is 315 g/mol. The Morgan fingerprint density at radius 1 is 1.38 bits per heavy atom. The van der Waals surface area contributed by atoms with Crippen LogP contribution in [-0.4, -0.2) is 29.4 Å². The first-order chi connectivity index (χ1) is 9.82. The molecule has 0 amide bonds. The molecule has 0 aliphatic carbocycles. The summed E-state index contributed by atoms with van der Waals surface area (Å²) in [6.45, 7) is 2.48. The Morgan fingerprint density at radius 3 is 2.52 bits per heavy atom. The van der Waals surface area contributed by atoms with Crippen LogP contribution < -0.4 is 4.31 Å². The molecule has 0 saturated heterocycles. The molecule has 0 aliphatic rings. The van der Waals surface area contributed by atoms with E-state index in [0.29, 0.717) is 22.8 Å². The highest BCUT2D eigenvalue weighted by Gasteiger charge is 2.20. The van der Waals surface area contributed by atoms with Gasteiger partial charge in [-0.1, -0.05) is 0 Å². The van der Waals surface area contributed by atoms with Gasteiger partial charge in [0.25, 0.3) is 0 Å². The number of nitrogens with one attached hydrogen (secondary N) is 1. The van der Waals surface area contributed by atoms with Gasteiger partial charge in [0.1, 0.15) is 5.82 Å². The lowest BCUT2D eigenvalue weighted by Gasteiger charge is -2.22. The largest absolute Gasteiger partial charge is 0.303 e. The Morgan fingerprint density at radius 2 is 2.00 bits per heavy atom.